The second kappa shape index (κ2) is 6.53. The first-order valence-corrected chi connectivity index (χ1v) is 6.72. The van der Waals surface area contributed by atoms with E-state index < -0.39 is 5.82 Å². The van der Waals surface area contributed by atoms with Gasteiger partial charge >= 0.3 is 0 Å². The lowest BCUT2D eigenvalue weighted by molar-refractivity contribution is 0.103. The maximum atomic E-state index is 13.0. The molecule has 0 N–H and O–H groups in total. The summed E-state index contributed by atoms with van der Waals surface area (Å²) in [6, 6.07) is 10.6. The van der Waals surface area contributed by atoms with Crippen molar-refractivity contribution in [1.82, 2.24) is 0 Å². The number of halogens is 2. The summed E-state index contributed by atoms with van der Waals surface area (Å²) in [6.07, 6.45) is 0.922. The summed E-state index contributed by atoms with van der Waals surface area (Å²) >= 11 is 5.89. The highest BCUT2D eigenvalue weighted by atomic mass is 35.5. The minimum Gasteiger partial charge on any atom is -0.494 e. The standard InChI is InChI=1S/C16H14ClFO2/c1-2-9-20-13-6-3-11(4-7-13)16(19)14-8-5-12(18)10-15(14)17/h3-8,10H,2,9H2,1H3. The van der Waals surface area contributed by atoms with Crippen molar-refractivity contribution in [2.75, 3.05) is 6.61 Å². The van der Waals surface area contributed by atoms with Crippen LogP contribution >= 0.6 is 11.6 Å². The van der Waals surface area contributed by atoms with E-state index in [-0.39, 0.29) is 16.4 Å². The predicted molar refractivity (Wildman–Crippen MR) is 77.1 cm³/mol. The fraction of sp³-hybridized carbons (Fsp3) is 0.188. The molecule has 0 aliphatic carbocycles. The van der Waals surface area contributed by atoms with Crippen molar-refractivity contribution >= 4 is 17.4 Å². The zero-order valence-electron chi connectivity index (χ0n) is 11.0. The van der Waals surface area contributed by atoms with Crippen molar-refractivity contribution in [1.29, 1.82) is 0 Å². The Kier molecular flexibility index (Phi) is 4.74. The van der Waals surface area contributed by atoms with Crippen LogP contribution in [0.25, 0.3) is 0 Å². The first-order valence-electron chi connectivity index (χ1n) is 6.34. The molecule has 0 heterocycles. The van der Waals surface area contributed by atoms with Gasteiger partial charge in [-0.2, -0.15) is 0 Å². The number of hydrogen-bond acceptors (Lipinski definition) is 2. The van der Waals surface area contributed by atoms with Gasteiger partial charge in [0.25, 0.3) is 0 Å². The van der Waals surface area contributed by atoms with Gasteiger partial charge in [-0.1, -0.05) is 18.5 Å². The SMILES string of the molecule is CCCOc1ccc(C(=O)c2ccc(F)cc2Cl)cc1. The van der Waals surface area contributed by atoms with Gasteiger partial charge in [0, 0.05) is 11.1 Å². The van der Waals surface area contributed by atoms with Crippen molar-refractivity contribution < 1.29 is 13.9 Å². The molecule has 4 heteroatoms. The molecular weight excluding hydrogens is 279 g/mol. The molecule has 0 aliphatic heterocycles. The van der Waals surface area contributed by atoms with Gasteiger partial charge in [0.1, 0.15) is 11.6 Å². The van der Waals surface area contributed by atoms with Crippen LogP contribution in [0.15, 0.2) is 42.5 Å². The molecule has 0 atom stereocenters. The third kappa shape index (κ3) is 3.36. The molecule has 0 fully saturated rings. The minimum atomic E-state index is -0.463. The Labute approximate surface area is 122 Å². The van der Waals surface area contributed by atoms with Crippen LogP contribution in [0.5, 0.6) is 5.75 Å². The van der Waals surface area contributed by atoms with Gasteiger partial charge in [0.15, 0.2) is 5.78 Å². The van der Waals surface area contributed by atoms with E-state index in [0.717, 1.165) is 12.5 Å². The molecular formula is C16H14ClFO2. The minimum absolute atomic E-state index is 0.112. The summed E-state index contributed by atoms with van der Waals surface area (Å²) in [5.74, 6) is 0.0144. The highest BCUT2D eigenvalue weighted by molar-refractivity contribution is 6.35. The van der Waals surface area contributed by atoms with Crippen molar-refractivity contribution in [3.05, 3.63) is 64.4 Å². The smallest absolute Gasteiger partial charge is 0.194 e. The second-order valence-electron chi connectivity index (χ2n) is 4.33. The lowest BCUT2D eigenvalue weighted by Crippen LogP contribution is -2.03. The largest absolute Gasteiger partial charge is 0.494 e. The first kappa shape index (κ1) is 14.5. The van der Waals surface area contributed by atoms with Gasteiger partial charge < -0.3 is 4.74 Å². The van der Waals surface area contributed by atoms with Crippen molar-refractivity contribution in [2.24, 2.45) is 0 Å². The van der Waals surface area contributed by atoms with Crippen molar-refractivity contribution in [3.8, 4) is 5.75 Å². The molecule has 0 spiro atoms. The van der Waals surface area contributed by atoms with E-state index in [1.54, 1.807) is 24.3 Å². The quantitative estimate of drug-likeness (QED) is 0.759. The zero-order valence-corrected chi connectivity index (χ0v) is 11.8. The Morgan fingerprint density at radius 1 is 1.20 bits per heavy atom. The average Bonchev–Trinajstić information content (AvgIpc) is 2.45. The number of carbonyl (C=O) groups excluding carboxylic acids is 1. The Hall–Kier alpha value is -1.87. The molecule has 104 valence electrons. The monoisotopic (exact) mass is 292 g/mol. The van der Waals surface area contributed by atoms with E-state index in [0.29, 0.717) is 17.9 Å². The van der Waals surface area contributed by atoms with Crippen LogP contribution in [0.3, 0.4) is 0 Å². The molecule has 0 unspecified atom stereocenters. The molecule has 2 aromatic carbocycles. The molecule has 0 saturated heterocycles. The Bertz CT molecular complexity index is 608. The Balaban J connectivity index is 2.20. The highest BCUT2D eigenvalue weighted by Gasteiger charge is 2.13. The summed E-state index contributed by atoms with van der Waals surface area (Å²) in [5, 5.41) is 0.112. The maximum Gasteiger partial charge on any atom is 0.194 e. The number of carbonyl (C=O) groups is 1. The van der Waals surface area contributed by atoms with Crippen LogP contribution in [0.2, 0.25) is 5.02 Å². The van der Waals surface area contributed by atoms with Crippen molar-refractivity contribution in [2.45, 2.75) is 13.3 Å². The van der Waals surface area contributed by atoms with Crippen LogP contribution in [0, 0.1) is 5.82 Å². The lowest BCUT2D eigenvalue weighted by atomic mass is 10.0. The molecule has 0 bridgehead atoms. The van der Waals surface area contributed by atoms with Crippen LogP contribution in [-0.4, -0.2) is 12.4 Å². The maximum absolute atomic E-state index is 13.0. The Morgan fingerprint density at radius 3 is 2.50 bits per heavy atom. The van der Waals surface area contributed by atoms with Crippen LogP contribution in [-0.2, 0) is 0 Å². The fourth-order valence-corrected chi connectivity index (χ4v) is 2.00. The van der Waals surface area contributed by atoms with Crippen LogP contribution in [0.4, 0.5) is 4.39 Å². The molecule has 0 amide bonds. The lowest BCUT2D eigenvalue weighted by Gasteiger charge is -2.06. The normalized spacial score (nSPS) is 10.3. The van der Waals surface area contributed by atoms with Gasteiger partial charge in [-0.3, -0.25) is 4.79 Å². The fourth-order valence-electron chi connectivity index (χ4n) is 1.75. The van der Waals surface area contributed by atoms with Gasteiger partial charge in [-0.25, -0.2) is 4.39 Å². The van der Waals surface area contributed by atoms with Gasteiger partial charge in [-0.05, 0) is 48.9 Å². The molecule has 0 aliphatic rings. The first-order chi connectivity index (χ1) is 9.61. The zero-order chi connectivity index (χ0) is 14.5. The van der Waals surface area contributed by atoms with E-state index in [4.69, 9.17) is 16.3 Å². The van der Waals surface area contributed by atoms with Gasteiger partial charge in [0.05, 0.1) is 11.6 Å². The summed E-state index contributed by atoms with van der Waals surface area (Å²) in [7, 11) is 0. The van der Waals surface area contributed by atoms with Crippen LogP contribution in [0.1, 0.15) is 29.3 Å². The van der Waals surface area contributed by atoms with Gasteiger partial charge in [0.2, 0.25) is 0 Å². The molecule has 0 saturated carbocycles. The van der Waals surface area contributed by atoms with E-state index in [1.807, 2.05) is 6.92 Å². The molecule has 2 nitrogen and oxygen atoms in total. The second-order valence-corrected chi connectivity index (χ2v) is 4.73. The molecule has 0 aromatic heterocycles. The Morgan fingerprint density at radius 2 is 1.90 bits per heavy atom. The summed E-state index contributed by atoms with van der Waals surface area (Å²) in [5.41, 5.74) is 0.776. The highest BCUT2D eigenvalue weighted by Crippen LogP contribution is 2.22. The number of hydrogen-bond donors (Lipinski definition) is 0. The summed E-state index contributed by atoms with van der Waals surface area (Å²) < 4.78 is 18.4. The van der Waals surface area contributed by atoms with Gasteiger partial charge in [-0.15, -0.1) is 0 Å². The van der Waals surface area contributed by atoms with E-state index in [1.165, 1.54) is 12.1 Å². The topological polar surface area (TPSA) is 26.3 Å². The van der Waals surface area contributed by atoms with Crippen LogP contribution < -0.4 is 4.74 Å². The van der Waals surface area contributed by atoms with E-state index >= 15 is 0 Å². The van der Waals surface area contributed by atoms with E-state index in [2.05, 4.69) is 0 Å². The third-order valence-corrected chi connectivity index (χ3v) is 3.08. The summed E-state index contributed by atoms with van der Waals surface area (Å²) in [4.78, 5) is 12.3. The molecule has 20 heavy (non-hydrogen) atoms. The molecule has 2 aromatic rings. The van der Waals surface area contributed by atoms with Crippen molar-refractivity contribution in [3.63, 3.8) is 0 Å². The molecule has 2 rings (SSSR count). The number of rotatable bonds is 5. The number of benzene rings is 2. The average molecular weight is 293 g/mol. The van der Waals surface area contributed by atoms with E-state index in [9.17, 15) is 9.18 Å². The number of ketones is 1. The third-order valence-electron chi connectivity index (χ3n) is 2.77. The summed E-state index contributed by atoms with van der Waals surface area (Å²) in [6.45, 7) is 2.66. The predicted octanol–water partition coefficient (Wildman–Crippen LogP) is 4.50. The number of ether oxygens (including phenoxy) is 1. The molecule has 0 radical (unpaired) electrons.